The van der Waals surface area contributed by atoms with E-state index in [0.29, 0.717) is 0 Å². The minimum atomic E-state index is 0.804. The Balaban J connectivity index is 1.81. The van der Waals surface area contributed by atoms with Crippen LogP contribution in [0.4, 0.5) is 0 Å². The van der Waals surface area contributed by atoms with Gasteiger partial charge in [-0.15, -0.1) is 0 Å². The summed E-state index contributed by atoms with van der Waals surface area (Å²) >= 11 is 0. The maximum absolute atomic E-state index is 3.34. The van der Waals surface area contributed by atoms with Crippen molar-refractivity contribution in [1.82, 2.24) is 10.2 Å². The van der Waals surface area contributed by atoms with Gasteiger partial charge in [-0.3, -0.25) is 4.90 Å². The monoisotopic (exact) mass is 126 g/mol. The molecule has 0 bridgehead atoms. The highest BCUT2D eigenvalue weighted by molar-refractivity contribution is 4.95. The summed E-state index contributed by atoms with van der Waals surface area (Å²) in [4.78, 5) is 2.55. The molecule has 2 heterocycles. The van der Waals surface area contributed by atoms with Crippen molar-refractivity contribution >= 4 is 0 Å². The predicted molar refractivity (Wildman–Crippen MR) is 37.4 cm³/mol. The Morgan fingerprint density at radius 2 is 2.22 bits per heavy atom. The topological polar surface area (TPSA) is 25.2 Å². The van der Waals surface area contributed by atoms with Gasteiger partial charge in [0.15, 0.2) is 0 Å². The molecule has 2 saturated heterocycles. The van der Waals surface area contributed by atoms with Gasteiger partial charge in [-0.25, -0.2) is 0 Å². The van der Waals surface area contributed by atoms with Gasteiger partial charge in [0, 0.05) is 18.6 Å². The van der Waals surface area contributed by atoms with Crippen LogP contribution in [0.3, 0.4) is 0 Å². The lowest BCUT2D eigenvalue weighted by molar-refractivity contribution is 0.127. The first kappa shape index (κ1) is 5.69. The van der Waals surface area contributed by atoms with Crippen molar-refractivity contribution in [1.29, 1.82) is 0 Å². The first-order valence-electron chi connectivity index (χ1n) is 3.85. The molecule has 2 nitrogen and oxygen atoms in total. The highest BCUT2D eigenvalue weighted by atomic mass is 15.3. The van der Waals surface area contributed by atoms with Crippen LogP contribution in [0.25, 0.3) is 0 Å². The summed E-state index contributed by atoms with van der Waals surface area (Å²) in [5.41, 5.74) is 0. The van der Waals surface area contributed by atoms with Crippen molar-refractivity contribution in [2.45, 2.75) is 25.4 Å². The molecule has 0 spiro atoms. The van der Waals surface area contributed by atoms with Crippen LogP contribution in [0.1, 0.15) is 13.3 Å². The van der Waals surface area contributed by atoms with Gasteiger partial charge in [-0.05, 0) is 26.4 Å². The summed E-state index contributed by atoms with van der Waals surface area (Å²) in [6.07, 6.45) is 1.41. The number of hydrogen-bond acceptors (Lipinski definition) is 2. The minimum Gasteiger partial charge on any atom is -0.310 e. The van der Waals surface area contributed by atoms with Crippen LogP contribution in [0, 0.1) is 0 Å². The Morgan fingerprint density at radius 3 is 2.56 bits per heavy atom. The summed E-state index contributed by atoms with van der Waals surface area (Å²) in [6.45, 7) is 6.24. The lowest BCUT2D eigenvalue weighted by atomic mass is 10.1. The maximum Gasteiger partial charge on any atom is 0.0346 e. The Labute approximate surface area is 56.2 Å². The van der Waals surface area contributed by atoms with E-state index in [0.717, 1.165) is 12.1 Å². The average Bonchev–Trinajstić information content (AvgIpc) is 2.37. The van der Waals surface area contributed by atoms with Crippen LogP contribution >= 0.6 is 0 Å². The molecule has 0 aromatic carbocycles. The fourth-order valence-corrected chi connectivity index (χ4v) is 1.41. The lowest BCUT2D eigenvalue weighted by Gasteiger charge is -2.36. The summed E-state index contributed by atoms with van der Waals surface area (Å²) in [6, 6.07) is 1.63. The van der Waals surface area contributed by atoms with Crippen molar-refractivity contribution < 1.29 is 0 Å². The summed E-state index contributed by atoms with van der Waals surface area (Å²) in [5, 5.41) is 3.34. The molecule has 0 saturated carbocycles. The normalized spacial score (nSPS) is 37.7. The van der Waals surface area contributed by atoms with Crippen molar-refractivity contribution in [3.8, 4) is 0 Å². The quantitative estimate of drug-likeness (QED) is 0.529. The van der Waals surface area contributed by atoms with Crippen molar-refractivity contribution in [3.05, 3.63) is 0 Å². The molecule has 0 aromatic heterocycles. The molecule has 2 atom stereocenters. The van der Waals surface area contributed by atoms with Gasteiger partial charge in [0.25, 0.3) is 0 Å². The summed E-state index contributed by atoms with van der Waals surface area (Å²) in [7, 11) is 0. The van der Waals surface area contributed by atoms with Gasteiger partial charge in [-0.1, -0.05) is 0 Å². The maximum atomic E-state index is 3.34. The molecule has 0 aromatic rings. The van der Waals surface area contributed by atoms with Crippen LogP contribution in [-0.2, 0) is 0 Å². The van der Waals surface area contributed by atoms with E-state index in [2.05, 4.69) is 17.1 Å². The van der Waals surface area contributed by atoms with Gasteiger partial charge >= 0.3 is 0 Å². The van der Waals surface area contributed by atoms with E-state index in [-0.39, 0.29) is 0 Å². The molecular weight excluding hydrogens is 112 g/mol. The first-order chi connectivity index (χ1) is 4.38. The number of rotatable bonds is 2. The highest BCUT2D eigenvalue weighted by Gasteiger charge is 2.33. The fourth-order valence-electron chi connectivity index (χ4n) is 1.41. The Hall–Kier alpha value is -0.0800. The van der Waals surface area contributed by atoms with Crippen LogP contribution in [0.5, 0.6) is 0 Å². The molecule has 2 fully saturated rings. The summed E-state index contributed by atoms with van der Waals surface area (Å²) < 4.78 is 0. The zero-order chi connectivity index (χ0) is 6.27. The van der Waals surface area contributed by atoms with Crippen molar-refractivity contribution in [2.75, 3.05) is 19.6 Å². The third-order valence-electron chi connectivity index (χ3n) is 2.49. The van der Waals surface area contributed by atoms with E-state index in [1.165, 1.54) is 26.1 Å². The van der Waals surface area contributed by atoms with Gasteiger partial charge in [0.1, 0.15) is 0 Å². The molecule has 2 aliphatic rings. The van der Waals surface area contributed by atoms with E-state index in [9.17, 15) is 0 Å². The lowest BCUT2D eigenvalue weighted by Crippen LogP contribution is -2.46. The van der Waals surface area contributed by atoms with Gasteiger partial charge in [0.2, 0.25) is 0 Å². The molecule has 2 unspecified atom stereocenters. The molecule has 0 radical (unpaired) electrons. The number of nitrogens with zero attached hydrogens (tertiary/aromatic N) is 1. The highest BCUT2D eigenvalue weighted by Crippen LogP contribution is 2.17. The van der Waals surface area contributed by atoms with Crippen molar-refractivity contribution in [3.63, 3.8) is 0 Å². The number of hydrogen-bond donors (Lipinski definition) is 1. The smallest absolute Gasteiger partial charge is 0.0346 e. The molecule has 1 N–H and O–H groups in total. The molecule has 9 heavy (non-hydrogen) atoms. The Morgan fingerprint density at radius 1 is 1.56 bits per heavy atom. The Kier molecular flexibility index (Phi) is 1.24. The molecule has 2 rings (SSSR count). The first-order valence-corrected chi connectivity index (χ1v) is 3.85. The predicted octanol–water partition coefficient (Wildman–Crippen LogP) is 0.0524. The van der Waals surface area contributed by atoms with E-state index in [1.807, 2.05) is 0 Å². The van der Waals surface area contributed by atoms with Crippen LogP contribution in [0.15, 0.2) is 0 Å². The van der Waals surface area contributed by atoms with Crippen LogP contribution in [-0.4, -0.2) is 36.6 Å². The second-order valence-corrected chi connectivity index (χ2v) is 3.14. The second-order valence-electron chi connectivity index (χ2n) is 3.14. The molecule has 0 aliphatic carbocycles. The second kappa shape index (κ2) is 1.96. The zero-order valence-electron chi connectivity index (χ0n) is 5.93. The molecule has 2 heteroatoms. The summed E-state index contributed by atoms with van der Waals surface area (Å²) in [5.74, 6) is 0. The Bertz CT molecular complexity index is 105. The van der Waals surface area contributed by atoms with Gasteiger partial charge in [-0.2, -0.15) is 0 Å². The van der Waals surface area contributed by atoms with Gasteiger partial charge < -0.3 is 5.32 Å². The van der Waals surface area contributed by atoms with Crippen molar-refractivity contribution in [2.24, 2.45) is 0 Å². The third-order valence-corrected chi connectivity index (χ3v) is 2.49. The molecule has 2 aliphatic heterocycles. The molecule has 52 valence electrons. The SMILES string of the molecule is CC(C1CN1)N1CCC1. The third kappa shape index (κ3) is 0.970. The largest absolute Gasteiger partial charge is 0.310 e. The fraction of sp³-hybridized carbons (Fsp3) is 1.00. The van der Waals surface area contributed by atoms with Crippen LogP contribution in [0.2, 0.25) is 0 Å². The minimum absolute atomic E-state index is 0.804. The molecular formula is C7H14N2. The number of likely N-dealkylation sites (tertiary alicyclic amines) is 1. The average molecular weight is 126 g/mol. The van der Waals surface area contributed by atoms with E-state index >= 15 is 0 Å². The molecule has 0 amide bonds. The standard InChI is InChI=1S/C7H14N2/c1-6(7-5-8-7)9-3-2-4-9/h6-8H,2-5H2,1H3. The van der Waals surface area contributed by atoms with Crippen LogP contribution < -0.4 is 5.32 Å². The van der Waals surface area contributed by atoms with E-state index in [4.69, 9.17) is 0 Å². The number of nitrogens with one attached hydrogen (secondary N) is 1. The van der Waals surface area contributed by atoms with E-state index in [1.54, 1.807) is 0 Å². The zero-order valence-corrected chi connectivity index (χ0v) is 5.93. The van der Waals surface area contributed by atoms with Gasteiger partial charge in [0.05, 0.1) is 0 Å². The van der Waals surface area contributed by atoms with E-state index < -0.39 is 0 Å².